The summed E-state index contributed by atoms with van der Waals surface area (Å²) in [6.07, 6.45) is 5.99. The Morgan fingerprint density at radius 2 is 1.77 bits per heavy atom. The van der Waals surface area contributed by atoms with E-state index in [-0.39, 0.29) is 5.91 Å². The molecular weight excluding hydrogens is 346 g/mol. The molecular formula is C21H27NO3S. The molecule has 1 aliphatic rings. The molecule has 1 aromatic heterocycles. The van der Waals surface area contributed by atoms with Crippen LogP contribution in [0.25, 0.3) is 0 Å². The van der Waals surface area contributed by atoms with Crippen molar-refractivity contribution < 1.29 is 14.3 Å². The van der Waals surface area contributed by atoms with Crippen molar-refractivity contribution in [3.8, 4) is 11.5 Å². The molecule has 140 valence electrons. The molecule has 0 saturated heterocycles. The third-order valence-corrected chi connectivity index (χ3v) is 6.28. The number of rotatable bonds is 5. The van der Waals surface area contributed by atoms with Crippen molar-refractivity contribution in [2.24, 2.45) is 0 Å². The van der Waals surface area contributed by atoms with E-state index in [9.17, 15) is 4.79 Å². The van der Waals surface area contributed by atoms with E-state index >= 15 is 0 Å². The summed E-state index contributed by atoms with van der Waals surface area (Å²) in [7, 11) is 5.13. The summed E-state index contributed by atoms with van der Waals surface area (Å²) in [4.78, 5) is 17.0. The molecule has 0 atom stereocenters. The van der Waals surface area contributed by atoms with Gasteiger partial charge in [-0.3, -0.25) is 4.79 Å². The molecule has 5 heteroatoms. The molecule has 1 aliphatic carbocycles. The minimum atomic E-state index is 0.0947. The van der Waals surface area contributed by atoms with Crippen LogP contribution in [-0.2, 0) is 19.4 Å². The van der Waals surface area contributed by atoms with Gasteiger partial charge in [0.1, 0.15) is 0 Å². The molecule has 2 aromatic rings. The average Bonchev–Trinajstić information content (AvgIpc) is 2.92. The standard InChI is InChI=1S/C21H27NO3S/c1-14-10-17(24-3)18(25-4)11-16(14)13-22(2)21(23)20-12-15-8-6-5-7-9-19(15)26-20/h10-12H,5-9,13H2,1-4H3. The summed E-state index contributed by atoms with van der Waals surface area (Å²) >= 11 is 1.68. The molecule has 1 amide bonds. The predicted molar refractivity (Wildman–Crippen MR) is 106 cm³/mol. The van der Waals surface area contributed by atoms with Crippen LogP contribution in [0, 0.1) is 6.92 Å². The van der Waals surface area contributed by atoms with Gasteiger partial charge in [-0.1, -0.05) is 6.42 Å². The summed E-state index contributed by atoms with van der Waals surface area (Å²) in [5, 5.41) is 0. The summed E-state index contributed by atoms with van der Waals surface area (Å²) in [5.41, 5.74) is 3.53. The molecule has 1 aromatic carbocycles. The van der Waals surface area contributed by atoms with E-state index in [1.54, 1.807) is 30.5 Å². The van der Waals surface area contributed by atoms with Gasteiger partial charge in [-0.15, -0.1) is 11.3 Å². The van der Waals surface area contributed by atoms with E-state index in [1.807, 2.05) is 26.1 Å². The van der Waals surface area contributed by atoms with Crippen LogP contribution in [0.3, 0.4) is 0 Å². The summed E-state index contributed by atoms with van der Waals surface area (Å²) < 4.78 is 10.7. The van der Waals surface area contributed by atoms with Crippen molar-refractivity contribution in [2.45, 2.75) is 45.6 Å². The molecule has 0 fully saturated rings. The maximum Gasteiger partial charge on any atom is 0.263 e. The van der Waals surface area contributed by atoms with Crippen LogP contribution in [0.5, 0.6) is 11.5 Å². The highest BCUT2D eigenvalue weighted by Crippen LogP contribution is 2.32. The fourth-order valence-electron chi connectivity index (χ4n) is 3.48. The number of hydrogen-bond acceptors (Lipinski definition) is 4. The van der Waals surface area contributed by atoms with Gasteiger partial charge in [0.25, 0.3) is 5.91 Å². The molecule has 0 bridgehead atoms. The quantitative estimate of drug-likeness (QED) is 0.718. The molecule has 26 heavy (non-hydrogen) atoms. The number of amides is 1. The van der Waals surface area contributed by atoms with Gasteiger partial charge in [-0.2, -0.15) is 0 Å². The van der Waals surface area contributed by atoms with Gasteiger partial charge >= 0.3 is 0 Å². The van der Waals surface area contributed by atoms with E-state index < -0.39 is 0 Å². The lowest BCUT2D eigenvalue weighted by Crippen LogP contribution is -2.25. The number of fused-ring (bicyclic) bond motifs is 1. The first-order valence-electron chi connectivity index (χ1n) is 9.12. The van der Waals surface area contributed by atoms with Crippen molar-refractivity contribution in [1.29, 1.82) is 0 Å². The first-order chi connectivity index (χ1) is 12.5. The predicted octanol–water partition coefficient (Wildman–Crippen LogP) is 4.61. The zero-order valence-corrected chi connectivity index (χ0v) is 16.9. The molecule has 0 unspecified atom stereocenters. The average molecular weight is 374 g/mol. The number of nitrogens with zero attached hydrogens (tertiary/aromatic N) is 1. The van der Waals surface area contributed by atoms with E-state index in [2.05, 4.69) is 6.07 Å². The largest absolute Gasteiger partial charge is 0.493 e. The van der Waals surface area contributed by atoms with Gasteiger partial charge in [0.15, 0.2) is 11.5 Å². The fraction of sp³-hybridized carbons (Fsp3) is 0.476. The van der Waals surface area contributed by atoms with Crippen LogP contribution in [-0.4, -0.2) is 32.1 Å². The Kier molecular flexibility index (Phi) is 5.87. The van der Waals surface area contributed by atoms with E-state index in [4.69, 9.17) is 9.47 Å². The number of thiophene rings is 1. The van der Waals surface area contributed by atoms with Crippen LogP contribution in [0.1, 0.15) is 50.5 Å². The number of benzene rings is 1. The van der Waals surface area contributed by atoms with Crippen molar-refractivity contribution in [3.63, 3.8) is 0 Å². The van der Waals surface area contributed by atoms with Crippen LogP contribution in [0.15, 0.2) is 18.2 Å². The van der Waals surface area contributed by atoms with Gasteiger partial charge in [-0.25, -0.2) is 0 Å². The van der Waals surface area contributed by atoms with Gasteiger partial charge in [0.05, 0.1) is 19.1 Å². The van der Waals surface area contributed by atoms with Gasteiger partial charge in [0.2, 0.25) is 0 Å². The monoisotopic (exact) mass is 373 g/mol. The van der Waals surface area contributed by atoms with Gasteiger partial charge in [0, 0.05) is 18.5 Å². The number of ether oxygens (including phenoxy) is 2. The topological polar surface area (TPSA) is 38.8 Å². The zero-order chi connectivity index (χ0) is 18.7. The highest BCUT2D eigenvalue weighted by atomic mass is 32.1. The number of carbonyl (C=O) groups excluding carboxylic acids is 1. The molecule has 0 spiro atoms. The summed E-state index contributed by atoms with van der Waals surface area (Å²) in [6.45, 7) is 2.58. The lowest BCUT2D eigenvalue weighted by molar-refractivity contribution is 0.0789. The van der Waals surface area contributed by atoms with Crippen LogP contribution in [0.2, 0.25) is 0 Å². The third-order valence-electron chi connectivity index (χ3n) is 5.05. The normalized spacial score (nSPS) is 13.7. The Balaban J connectivity index is 1.77. The second-order valence-electron chi connectivity index (χ2n) is 6.91. The molecule has 1 heterocycles. The maximum absolute atomic E-state index is 12.9. The van der Waals surface area contributed by atoms with Crippen molar-refractivity contribution in [2.75, 3.05) is 21.3 Å². The summed E-state index contributed by atoms with van der Waals surface area (Å²) in [5.74, 6) is 1.50. The first-order valence-corrected chi connectivity index (χ1v) is 9.93. The zero-order valence-electron chi connectivity index (χ0n) is 16.1. The van der Waals surface area contributed by atoms with Crippen molar-refractivity contribution in [3.05, 3.63) is 44.6 Å². The first kappa shape index (κ1) is 18.8. The maximum atomic E-state index is 12.9. The Morgan fingerprint density at radius 3 is 2.50 bits per heavy atom. The van der Waals surface area contributed by atoms with Crippen molar-refractivity contribution in [1.82, 2.24) is 4.90 Å². The second kappa shape index (κ2) is 8.12. The van der Waals surface area contributed by atoms with E-state index in [0.29, 0.717) is 18.0 Å². The van der Waals surface area contributed by atoms with Crippen LogP contribution in [0.4, 0.5) is 0 Å². The fourth-order valence-corrected chi connectivity index (χ4v) is 4.73. The number of methoxy groups -OCH3 is 2. The van der Waals surface area contributed by atoms with Crippen LogP contribution < -0.4 is 9.47 Å². The Bertz CT molecular complexity index is 773. The highest BCUT2D eigenvalue weighted by Gasteiger charge is 2.20. The second-order valence-corrected chi connectivity index (χ2v) is 8.05. The SMILES string of the molecule is COc1cc(C)c(CN(C)C(=O)c2cc3c(s2)CCCCC3)cc1OC. The van der Waals surface area contributed by atoms with E-state index in [1.165, 1.54) is 29.7 Å². The number of hydrogen-bond donors (Lipinski definition) is 0. The molecule has 0 radical (unpaired) electrons. The molecule has 0 saturated carbocycles. The number of aryl methyl sites for hydroxylation is 3. The Hall–Kier alpha value is -2.01. The molecule has 0 N–H and O–H groups in total. The minimum absolute atomic E-state index is 0.0947. The Labute approximate surface area is 159 Å². The van der Waals surface area contributed by atoms with Gasteiger partial charge < -0.3 is 14.4 Å². The Morgan fingerprint density at radius 1 is 1.08 bits per heavy atom. The number of carbonyl (C=O) groups is 1. The van der Waals surface area contributed by atoms with Crippen LogP contribution >= 0.6 is 11.3 Å². The van der Waals surface area contributed by atoms with Gasteiger partial charge in [-0.05, 0) is 67.5 Å². The third kappa shape index (κ3) is 3.88. The highest BCUT2D eigenvalue weighted by molar-refractivity contribution is 7.14. The molecule has 3 rings (SSSR count). The smallest absolute Gasteiger partial charge is 0.263 e. The lowest BCUT2D eigenvalue weighted by Gasteiger charge is -2.19. The molecule has 0 aliphatic heterocycles. The lowest BCUT2D eigenvalue weighted by atomic mass is 10.1. The summed E-state index contributed by atoms with van der Waals surface area (Å²) in [6, 6.07) is 6.03. The molecule has 4 nitrogen and oxygen atoms in total. The van der Waals surface area contributed by atoms with Crippen molar-refractivity contribution >= 4 is 17.2 Å². The van der Waals surface area contributed by atoms with E-state index in [0.717, 1.165) is 28.8 Å². The minimum Gasteiger partial charge on any atom is -0.493 e.